The highest BCUT2D eigenvalue weighted by molar-refractivity contribution is 4.96. The van der Waals surface area contributed by atoms with E-state index in [9.17, 15) is 0 Å². The molecule has 1 atom stereocenters. The van der Waals surface area contributed by atoms with Crippen molar-refractivity contribution in [3.05, 3.63) is 17.7 Å². The van der Waals surface area contributed by atoms with E-state index in [1.807, 2.05) is 13.8 Å². The van der Waals surface area contributed by atoms with Gasteiger partial charge in [0.2, 0.25) is 0 Å². The molecule has 0 fully saturated rings. The van der Waals surface area contributed by atoms with Crippen molar-refractivity contribution in [3.63, 3.8) is 0 Å². The molecule has 0 aliphatic carbocycles. The number of rotatable bonds is 3. The Morgan fingerprint density at radius 3 is 2.92 bits per heavy atom. The highest BCUT2D eigenvalue weighted by Gasteiger charge is 2.01. The molecule has 0 bridgehead atoms. The molecule has 4 heteroatoms. The number of aryl methyl sites for hydroxylation is 1. The van der Waals surface area contributed by atoms with Crippen molar-refractivity contribution in [1.29, 1.82) is 0 Å². The van der Waals surface area contributed by atoms with Gasteiger partial charge < -0.3 is 5.73 Å². The Bertz CT molecular complexity index is 247. The van der Waals surface area contributed by atoms with Gasteiger partial charge in [-0.05, 0) is 13.3 Å². The summed E-state index contributed by atoms with van der Waals surface area (Å²) in [5.41, 5.74) is 6.58. The molecule has 0 spiro atoms. The van der Waals surface area contributed by atoms with E-state index in [1.54, 1.807) is 6.20 Å². The Morgan fingerprint density at radius 2 is 2.33 bits per heavy atom. The van der Waals surface area contributed by atoms with Crippen molar-refractivity contribution in [2.75, 3.05) is 0 Å². The van der Waals surface area contributed by atoms with Crippen LogP contribution in [0.5, 0.6) is 0 Å². The molecule has 0 aliphatic heterocycles. The first kappa shape index (κ1) is 9.06. The molecule has 1 aromatic heterocycles. The molecule has 1 unspecified atom stereocenters. The van der Waals surface area contributed by atoms with E-state index in [0.717, 1.165) is 17.9 Å². The summed E-state index contributed by atoms with van der Waals surface area (Å²) in [6.07, 6.45) is 3.27. The van der Waals surface area contributed by atoms with Crippen LogP contribution in [0.2, 0.25) is 0 Å². The van der Waals surface area contributed by atoms with Crippen LogP contribution in [-0.4, -0.2) is 21.2 Å². The number of nitrogens with zero attached hydrogens (tertiary/aromatic N) is 3. The first-order valence-corrected chi connectivity index (χ1v) is 4.15. The van der Waals surface area contributed by atoms with Crippen molar-refractivity contribution in [2.24, 2.45) is 5.73 Å². The fourth-order valence-corrected chi connectivity index (χ4v) is 0.924. The van der Waals surface area contributed by atoms with E-state index >= 15 is 0 Å². The maximum Gasteiger partial charge on any atom is 0.152 e. The van der Waals surface area contributed by atoms with Crippen molar-refractivity contribution in [3.8, 4) is 0 Å². The minimum Gasteiger partial charge on any atom is -0.328 e. The minimum atomic E-state index is 0.0962. The maximum atomic E-state index is 5.61. The SMILES string of the molecule is CCc1cnnc(CC(C)N)n1. The molecule has 0 aliphatic rings. The second kappa shape index (κ2) is 4.11. The summed E-state index contributed by atoms with van der Waals surface area (Å²) >= 11 is 0. The molecule has 0 radical (unpaired) electrons. The van der Waals surface area contributed by atoms with E-state index in [1.165, 1.54) is 0 Å². The number of aromatic nitrogens is 3. The Kier molecular flexibility index (Phi) is 3.10. The highest BCUT2D eigenvalue weighted by Crippen LogP contribution is 1.96. The van der Waals surface area contributed by atoms with E-state index in [-0.39, 0.29) is 6.04 Å². The smallest absolute Gasteiger partial charge is 0.152 e. The average molecular weight is 166 g/mol. The third-order valence-corrected chi connectivity index (χ3v) is 1.52. The molecule has 12 heavy (non-hydrogen) atoms. The quantitative estimate of drug-likeness (QED) is 0.702. The lowest BCUT2D eigenvalue weighted by Gasteiger charge is -2.02. The fraction of sp³-hybridized carbons (Fsp3) is 0.625. The monoisotopic (exact) mass is 166 g/mol. The van der Waals surface area contributed by atoms with Crippen molar-refractivity contribution >= 4 is 0 Å². The zero-order valence-corrected chi connectivity index (χ0v) is 7.49. The largest absolute Gasteiger partial charge is 0.328 e. The van der Waals surface area contributed by atoms with Crippen LogP contribution in [0, 0.1) is 0 Å². The van der Waals surface area contributed by atoms with Gasteiger partial charge in [0, 0.05) is 12.5 Å². The average Bonchev–Trinajstić information content (AvgIpc) is 2.03. The lowest BCUT2D eigenvalue weighted by molar-refractivity contribution is 0.677. The van der Waals surface area contributed by atoms with Crippen LogP contribution in [0.15, 0.2) is 6.20 Å². The summed E-state index contributed by atoms with van der Waals surface area (Å²) in [5.74, 6) is 0.740. The molecule has 0 saturated heterocycles. The molecular formula is C8H14N4. The van der Waals surface area contributed by atoms with E-state index < -0.39 is 0 Å². The van der Waals surface area contributed by atoms with Crippen LogP contribution >= 0.6 is 0 Å². The molecule has 0 amide bonds. The summed E-state index contributed by atoms with van der Waals surface area (Å²) < 4.78 is 0. The molecule has 1 heterocycles. The first-order chi connectivity index (χ1) is 5.72. The maximum absolute atomic E-state index is 5.61. The molecule has 4 nitrogen and oxygen atoms in total. The van der Waals surface area contributed by atoms with Crippen LogP contribution < -0.4 is 5.73 Å². The lowest BCUT2D eigenvalue weighted by Crippen LogP contribution is -2.20. The van der Waals surface area contributed by atoms with Crippen LogP contribution in [0.1, 0.15) is 25.4 Å². The normalized spacial score (nSPS) is 12.9. The first-order valence-electron chi connectivity index (χ1n) is 4.15. The van der Waals surface area contributed by atoms with E-state index in [0.29, 0.717) is 6.42 Å². The second-order valence-electron chi connectivity index (χ2n) is 2.90. The van der Waals surface area contributed by atoms with Gasteiger partial charge in [-0.2, -0.15) is 5.10 Å². The van der Waals surface area contributed by atoms with Gasteiger partial charge in [0.1, 0.15) is 0 Å². The summed E-state index contributed by atoms with van der Waals surface area (Å²) in [6, 6.07) is 0.0962. The van der Waals surface area contributed by atoms with Gasteiger partial charge in [-0.15, -0.1) is 5.10 Å². The predicted molar refractivity (Wildman–Crippen MR) is 46.6 cm³/mol. The summed E-state index contributed by atoms with van der Waals surface area (Å²) in [5, 5.41) is 7.73. The Hall–Kier alpha value is -1.03. The molecule has 0 aromatic carbocycles. The van der Waals surface area contributed by atoms with Gasteiger partial charge >= 0.3 is 0 Å². The van der Waals surface area contributed by atoms with Gasteiger partial charge in [-0.1, -0.05) is 6.92 Å². The number of nitrogens with two attached hydrogens (primary N) is 1. The Balaban J connectivity index is 2.72. The summed E-state index contributed by atoms with van der Waals surface area (Å²) in [6.45, 7) is 3.97. The van der Waals surface area contributed by atoms with Gasteiger partial charge in [0.25, 0.3) is 0 Å². The van der Waals surface area contributed by atoms with Gasteiger partial charge in [0.15, 0.2) is 5.82 Å². The van der Waals surface area contributed by atoms with Crippen molar-refractivity contribution in [1.82, 2.24) is 15.2 Å². The minimum absolute atomic E-state index is 0.0962. The van der Waals surface area contributed by atoms with Gasteiger partial charge in [0.05, 0.1) is 11.9 Å². The van der Waals surface area contributed by atoms with Crippen LogP contribution in [-0.2, 0) is 12.8 Å². The topological polar surface area (TPSA) is 64.7 Å². The molecule has 66 valence electrons. The molecule has 2 N–H and O–H groups in total. The van der Waals surface area contributed by atoms with Crippen LogP contribution in [0.25, 0.3) is 0 Å². The number of hydrogen-bond donors (Lipinski definition) is 1. The van der Waals surface area contributed by atoms with Crippen LogP contribution in [0.4, 0.5) is 0 Å². The van der Waals surface area contributed by atoms with Gasteiger partial charge in [-0.3, -0.25) is 0 Å². The second-order valence-corrected chi connectivity index (χ2v) is 2.90. The molecule has 0 saturated carbocycles. The van der Waals surface area contributed by atoms with Gasteiger partial charge in [-0.25, -0.2) is 4.98 Å². The highest BCUT2D eigenvalue weighted by atomic mass is 15.1. The van der Waals surface area contributed by atoms with E-state index in [2.05, 4.69) is 15.2 Å². The third-order valence-electron chi connectivity index (χ3n) is 1.52. The zero-order valence-electron chi connectivity index (χ0n) is 7.49. The lowest BCUT2D eigenvalue weighted by atomic mass is 10.2. The Morgan fingerprint density at radius 1 is 1.58 bits per heavy atom. The molecule has 1 aromatic rings. The van der Waals surface area contributed by atoms with E-state index in [4.69, 9.17) is 5.73 Å². The Labute approximate surface area is 72.2 Å². The summed E-state index contributed by atoms with van der Waals surface area (Å²) in [4.78, 5) is 4.28. The standard InChI is InChI=1S/C8H14N4/c1-3-7-5-10-12-8(11-7)4-6(2)9/h5-6H,3-4,9H2,1-2H3. The molecular weight excluding hydrogens is 152 g/mol. The van der Waals surface area contributed by atoms with Crippen LogP contribution in [0.3, 0.4) is 0 Å². The zero-order chi connectivity index (χ0) is 8.97. The predicted octanol–water partition coefficient (Wildman–Crippen LogP) is 0.324. The number of hydrogen-bond acceptors (Lipinski definition) is 4. The molecule has 1 rings (SSSR count). The summed E-state index contributed by atoms with van der Waals surface area (Å²) in [7, 11) is 0. The fourth-order valence-electron chi connectivity index (χ4n) is 0.924. The third kappa shape index (κ3) is 2.54. The van der Waals surface area contributed by atoms with Crippen molar-refractivity contribution < 1.29 is 0 Å². The van der Waals surface area contributed by atoms with Crippen molar-refractivity contribution in [2.45, 2.75) is 32.7 Å².